The highest BCUT2D eigenvalue weighted by Crippen LogP contribution is 2.20. The van der Waals surface area contributed by atoms with Gasteiger partial charge in [-0.2, -0.15) is 0 Å². The number of aryl methyl sites for hydroxylation is 2. The van der Waals surface area contributed by atoms with Crippen LogP contribution < -0.4 is 4.74 Å². The Bertz CT molecular complexity index is 747. The molecule has 0 aliphatic heterocycles. The molecule has 20 heavy (non-hydrogen) atoms. The quantitative estimate of drug-likeness (QED) is 0.774. The first-order valence-electron chi connectivity index (χ1n) is 6.46. The molecule has 1 N–H and O–H groups in total. The molecule has 1 heterocycles. The van der Waals surface area contributed by atoms with E-state index in [0.717, 1.165) is 22.6 Å². The maximum absolute atomic E-state index is 5.84. The van der Waals surface area contributed by atoms with Gasteiger partial charge in [0, 0.05) is 5.02 Å². The first-order chi connectivity index (χ1) is 9.63. The summed E-state index contributed by atoms with van der Waals surface area (Å²) < 4.78 is 5.69. The highest BCUT2D eigenvalue weighted by molar-refractivity contribution is 6.30. The van der Waals surface area contributed by atoms with Gasteiger partial charge in [-0.15, -0.1) is 0 Å². The summed E-state index contributed by atoms with van der Waals surface area (Å²) in [5.41, 5.74) is 4.51. The number of aromatic amines is 1. The first kappa shape index (κ1) is 13.0. The second-order valence-electron chi connectivity index (χ2n) is 4.83. The molecule has 1 aromatic heterocycles. The molecule has 0 fully saturated rings. The molecule has 3 aromatic rings. The molecule has 0 amide bonds. The molecule has 0 spiro atoms. The van der Waals surface area contributed by atoms with E-state index in [0.29, 0.717) is 11.6 Å². The number of rotatable bonds is 3. The van der Waals surface area contributed by atoms with Gasteiger partial charge in [-0.25, -0.2) is 4.98 Å². The monoisotopic (exact) mass is 286 g/mol. The third-order valence-corrected chi connectivity index (χ3v) is 3.67. The van der Waals surface area contributed by atoms with E-state index in [-0.39, 0.29) is 0 Å². The minimum atomic E-state index is 0.412. The second kappa shape index (κ2) is 5.17. The molecule has 0 saturated heterocycles. The fourth-order valence-electron chi connectivity index (χ4n) is 2.12. The van der Waals surface area contributed by atoms with Gasteiger partial charge in [-0.3, -0.25) is 0 Å². The molecule has 4 heteroatoms. The predicted molar refractivity (Wildman–Crippen MR) is 81.4 cm³/mol. The molecule has 3 rings (SSSR count). The van der Waals surface area contributed by atoms with Crippen molar-refractivity contribution in [1.29, 1.82) is 0 Å². The van der Waals surface area contributed by atoms with Crippen LogP contribution in [0.25, 0.3) is 11.0 Å². The van der Waals surface area contributed by atoms with E-state index < -0.39 is 0 Å². The van der Waals surface area contributed by atoms with E-state index in [4.69, 9.17) is 16.3 Å². The van der Waals surface area contributed by atoms with Crippen molar-refractivity contribution < 1.29 is 4.74 Å². The molecule has 0 saturated carbocycles. The number of nitrogens with zero attached hydrogens (tertiary/aromatic N) is 1. The molecule has 2 aromatic carbocycles. The van der Waals surface area contributed by atoms with Gasteiger partial charge in [0.05, 0.1) is 11.0 Å². The third kappa shape index (κ3) is 2.49. The summed E-state index contributed by atoms with van der Waals surface area (Å²) in [5.74, 6) is 1.60. The Morgan fingerprint density at radius 2 is 1.85 bits per heavy atom. The van der Waals surface area contributed by atoms with Crippen LogP contribution in [0.5, 0.6) is 5.75 Å². The molecule has 0 radical (unpaired) electrons. The maximum atomic E-state index is 5.84. The Hall–Kier alpha value is -2.00. The van der Waals surface area contributed by atoms with Crippen molar-refractivity contribution in [2.75, 3.05) is 0 Å². The van der Waals surface area contributed by atoms with Crippen LogP contribution in [0.3, 0.4) is 0 Å². The zero-order valence-corrected chi connectivity index (χ0v) is 12.2. The lowest BCUT2D eigenvalue weighted by atomic mass is 10.1. The topological polar surface area (TPSA) is 37.9 Å². The zero-order valence-electron chi connectivity index (χ0n) is 11.4. The summed E-state index contributed by atoms with van der Waals surface area (Å²) >= 11 is 5.84. The van der Waals surface area contributed by atoms with Gasteiger partial charge in [-0.05, 0) is 55.3 Å². The van der Waals surface area contributed by atoms with Crippen LogP contribution in [-0.4, -0.2) is 9.97 Å². The van der Waals surface area contributed by atoms with Crippen LogP contribution in [0, 0.1) is 13.8 Å². The van der Waals surface area contributed by atoms with Gasteiger partial charge >= 0.3 is 0 Å². The number of H-pyrrole nitrogens is 1. The minimum absolute atomic E-state index is 0.412. The van der Waals surface area contributed by atoms with Crippen molar-refractivity contribution in [3.63, 3.8) is 0 Å². The van der Waals surface area contributed by atoms with Crippen molar-refractivity contribution in [2.45, 2.75) is 20.5 Å². The largest absolute Gasteiger partial charge is 0.486 e. The van der Waals surface area contributed by atoms with Gasteiger partial charge in [0.25, 0.3) is 0 Å². The van der Waals surface area contributed by atoms with Gasteiger partial charge in [0.15, 0.2) is 0 Å². The fourth-order valence-corrected chi connectivity index (χ4v) is 2.24. The van der Waals surface area contributed by atoms with Gasteiger partial charge in [0.2, 0.25) is 0 Å². The lowest BCUT2D eigenvalue weighted by Gasteiger charge is -2.03. The highest BCUT2D eigenvalue weighted by Gasteiger charge is 2.07. The number of fused-ring (bicyclic) bond motifs is 1. The molecule has 0 atom stereocenters. The Kier molecular flexibility index (Phi) is 3.36. The zero-order chi connectivity index (χ0) is 14.1. The first-order valence-corrected chi connectivity index (χ1v) is 6.84. The number of benzene rings is 2. The standard InChI is InChI=1S/C16H15ClN2O/c1-10-3-8-14-16(11(10)2)19-15(18-14)9-20-13-6-4-12(17)5-7-13/h3-8H,9H2,1-2H3,(H,18,19). The summed E-state index contributed by atoms with van der Waals surface area (Å²) in [5, 5.41) is 0.701. The molecule has 0 bridgehead atoms. The minimum Gasteiger partial charge on any atom is -0.486 e. The molecular weight excluding hydrogens is 272 g/mol. The number of aromatic nitrogens is 2. The number of ether oxygens (including phenoxy) is 1. The van der Waals surface area contributed by atoms with E-state index in [1.165, 1.54) is 11.1 Å². The van der Waals surface area contributed by atoms with Crippen molar-refractivity contribution >= 4 is 22.6 Å². The normalized spacial score (nSPS) is 10.9. The summed E-state index contributed by atoms with van der Waals surface area (Å²) in [4.78, 5) is 7.88. The number of hydrogen-bond acceptors (Lipinski definition) is 2. The van der Waals surface area contributed by atoms with Crippen molar-refractivity contribution in [3.05, 3.63) is 58.4 Å². The van der Waals surface area contributed by atoms with E-state index in [1.54, 1.807) is 0 Å². The van der Waals surface area contributed by atoms with E-state index in [2.05, 4.69) is 35.9 Å². The van der Waals surface area contributed by atoms with Crippen LogP contribution in [0.2, 0.25) is 5.02 Å². The average Bonchev–Trinajstić information content (AvgIpc) is 2.86. The van der Waals surface area contributed by atoms with E-state index >= 15 is 0 Å². The van der Waals surface area contributed by atoms with Crippen LogP contribution in [0.1, 0.15) is 17.0 Å². The lowest BCUT2D eigenvalue weighted by Crippen LogP contribution is -1.97. The van der Waals surface area contributed by atoms with Crippen LogP contribution >= 0.6 is 11.6 Å². The van der Waals surface area contributed by atoms with Crippen LogP contribution in [-0.2, 0) is 6.61 Å². The van der Waals surface area contributed by atoms with E-state index in [9.17, 15) is 0 Å². The van der Waals surface area contributed by atoms with Crippen molar-refractivity contribution in [2.24, 2.45) is 0 Å². The molecule has 0 aliphatic rings. The summed E-state index contributed by atoms with van der Waals surface area (Å²) in [7, 11) is 0. The smallest absolute Gasteiger partial charge is 0.146 e. The van der Waals surface area contributed by atoms with Gasteiger partial charge in [-0.1, -0.05) is 17.7 Å². The van der Waals surface area contributed by atoms with Crippen LogP contribution in [0.4, 0.5) is 0 Å². The number of imidazole rings is 1. The average molecular weight is 287 g/mol. The molecule has 0 aliphatic carbocycles. The maximum Gasteiger partial charge on any atom is 0.146 e. The number of nitrogens with one attached hydrogen (secondary N) is 1. The van der Waals surface area contributed by atoms with Gasteiger partial charge in [0.1, 0.15) is 18.2 Å². The summed E-state index contributed by atoms with van der Waals surface area (Å²) in [6, 6.07) is 11.5. The van der Waals surface area contributed by atoms with E-state index in [1.807, 2.05) is 24.3 Å². The third-order valence-electron chi connectivity index (χ3n) is 3.42. The SMILES string of the molecule is Cc1ccc2[nH]c(COc3ccc(Cl)cc3)nc2c1C. The lowest BCUT2D eigenvalue weighted by molar-refractivity contribution is 0.297. The number of halogens is 1. The molecule has 3 nitrogen and oxygen atoms in total. The van der Waals surface area contributed by atoms with Gasteiger partial charge < -0.3 is 9.72 Å². The molecule has 102 valence electrons. The number of hydrogen-bond donors (Lipinski definition) is 1. The van der Waals surface area contributed by atoms with Crippen molar-refractivity contribution in [3.8, 4) is 5.75 Å². The Morgan fingerprint density at radius 1 is 1.10 bits per heavy atom. The molecule has 0 unspecified atom stereocenters. The Morgan fingerprint density at radius 3 is 2.60 bits per heavy atom. The predicted octanol–water partition coefficient (Wildman–Crippen LogP) is 4.41. The second-order valence-corrected chi connectivity index (χ2v) is 5.27. The molecular formula is C16H15ClN2O. The Balaban J connectivity index is 1.81. The summed E-state index contributed by atoms with van der Waals surface area (Å²) in [6.45, 7) is 4.59. The van der Waals surface area contributed by atoms with Crippen molar-refractivity contribution in [1.82, 2.24) is 9.97 Å². The summed E-state index contributed by atoms with van der Waals surface area (Å²) in [6.07, 6.45) is 0. The fraction of sp³-hybridized carbons (Fsp3) is 0.188. The Labute approximate surface area is 122 Å². The highest BCUT2D eigenvalue weighted by atomic mass is 35.5. The van der Waals surface area contributed by atoms with Crippen LogP contribution in [0.15, 0.2) is 36.4 Å².